The van der Waals surface area contributed by atoms with Crippen molar-refractivity contribution in [2.45, 2.75) is 19.9 Å². The fourth-order valence-electron chi connectivity index (χ4n) is 2.32. The second kappa shape index (κ2) is 4.80. The molecule has 0 aliphatic heterocycles. The summed E-state index contributed by atoms with van der Waals surface area (Å²) in [5.41, 5.74) is 8.81. The summed E-state index contributed by atoms with van der Waals surface area (Å²) in [7, 11) is 0. The third-order valence-corrected chi connectivity index (χ3v) is 3.34. The molecule has 0 saturated heterocycles. The monoisotopic (exact) mass is 268 g/mol. The molecule has 6 nitrogen and oxygen atoms in total. The molecule has 0 fully saturated rings. The highest BCUT2D eigenvalue weighted by molar-refractivity contribution is 5.86. The van der Waals surface area contributed by atoms with E-state index >= 15 is 0 Å². The highest BCUT2D eigenvalue weighted by Gasteiger charge is 2.13. The summed E-state index contributed by atoms with van der Waals surface area (Å²) in [6.07, 6.45) is 1.70. The van der Waals surface area contributed by atoms with Crippen LogP contribution in [0.25, 0.3) is 11.0 Å². The van der Waals surface area contributed by atoms with E-state index in [4.69, 9.17) is 5.73 Å². The first kappa shape index (κ1) is 12.4. The van der Waals surface area contributed by atoms with Crippen molar-refractivity contribution >= 4 is 22.8 Å². The zero-order valence-corrected chi connectivity index (χ0v) is 11.4. The van der Waals surface area contributed by atoms with Gasteiger partial charge in [0.25, 0.3) is 0 Å². The van der Waals surface area contributed by atoms with E-state index in [1.807, 2.05) is 12.1 Å². The van der Waals surface area contributed by atoms with Crippen LogP contribution >= 0.6 is 0 Å². The molecule has 0 aliphatic carbocycles. The van der Waals surface area contributed by atoms with Gasteiger partial charge in [-0.25, -0.2) is 0 Å². The standard InChI is InChI=1S/C14H16N6/c1-8-5-3-4-6-10(8)9(2)17-12-11-7-16-20-13(11)19-14(15)18-12/h3-7,9H,1-2H3,(H4,15,16,17,18,19,20). The maximum Gasteiger partial charge on any atom is 0.224 e. The highest BCUT2D eigenvalue weighted by Crippen LogP contribution is 2.25. The molecule has 2 heterocycles. The lowest BCUT2D eigenvalue weighted by Gasteiger charge is -2.17. The molecule has 0 spiro atoms. The number of aromatic amines is 1. The summed E-state index contributed by atoms with van der Waals surface area (Å²) in [4.78, 5) is 8.37. The number of hydrogen-bond donors (Lipinski definition) is 3. The van der Waals surface area contributed by atoms with Crippen LogP contribution < -0.4 is 11.1 Å². The Labute approximate surface area is 116 Å². The predicted molar refractivity (Wildman–Crippen MR) is 79.3 cm³/mol. The average Bonchev–Trinajstić information content (AvgIpc) is 2.87. The van der Waals surface area contributed by atoms with Gasteiger partial charge in [0.2, 0.25) is 5.95 Å². The van der Waals surface area contributed by atoms with E-state index in [0.29, 0.717) is 11.5 Å². The van der Waals surface area contributed by atoms with Crippen molar-refractivity contribution in [3.63, 3.8) is 0 Å². The zero-order chi connectivity index (χ0) is 14.1. The molecular weight excluding hydrogens is 252 g/mol. The molecule has 0 aliphatic rings. The SMILES string of the molecule is Cc1ccccc1C(C)Nc1nc(N)nc2[nH]ncc12. The van der Waals surface area contributed by atoms with Gasteiger partial charge in [0.15, 0.2) is 5.65 Å². The van der Waals surface area contributed by atoms with Crippen molar-refractivity contribution in [1.29, 1.82) is 0 Å². The van der Waals surface area contributed by atoms with Crippen molar-refractivity contribution in [3.8, 4) is 0 Å². The molecule has 1 aromatic carbocycles. The maximum atomic E-state index is 5.72. The smallest absolute Gasteiger partial charge is 0.224 e. The highest BCUT2D eigenvalue weighted by atomic mass is 15.2. The van der Waals surface area contributed by atoms with Gasteiger partial charge in [0, 0.05) is 0 Å². The molecule has 1 atom stereocenters. The van der Waals surface area contributed by atoms with E-state index in [9.17, 15) is 0 Å². The molecule has 1 unspecified atom stereocenters. The summed E-state index contributed by atoms with van der Waals surface area (Å²) in [5, 5.41) is 11.0. The number of H-pyrrole nitrogens is 1. The molecule has 0 bridgehead atoms. The number of nitrogens with two attached hydrogens (primary N) is 1. The van der Waals surface area contributed by atoms with E-state index < -0.39 is 0 Å². The van der Waals surface area contributed by atoms with E-state index in [0.717, 1.165) is 5.39 Å². The molecule has 4 N–H and O–H groups in total. The molecule has 6 heteroatoms. The van der Waals surface area contributed by atoms with Gasteiger partial charge in [-0.15, -0.1) is 0 Å². The summed E-state index contributed by atoms with van der Waals surface area (Å²) in [5.74, 6) is 0.915. The number of benzene rings is 1. The Morgan fingerprint density at radius 2 is 2.05 bits per heavy atom. The third-order valence-electron chi connectivity index (χ3n) is 3.34. The summed E-state index contributed by atoms with van der Waals surface area (Å²) < 4.78 is 0. The van der Waals surface area contributed by atoms with Crippen LogP contribution in [-0.4, -0.2) is 20.2 Å². The molecule has 3 aromatic rings. The molecule has 0 saturated carbocycles. The van der Waals surface area contributed by atoms with Gasteiger partial charge in [-0.2, -0.15) is 15.1 Å². The second-order valence-corrected chi connectivity index (χ2v) is 4.79. The number of hydrogen-bond acceptors (Lipinski definition) is 5. The maximum absolute atomic E-state index is 5.72. The third kappa shape index (κ3) is 2.16. The Balaban J connectivity index is 1.97. The number of nitrogens with one attached hydrogen (secondary N) is 2. The summed E-state index contributed by atoms with van der Waals surface area (Å²) >= 11 is 0. The molecule has 20 heavy (non-hydrogen) atoms. The fourth-order valence-corrected chi connectivity index (χ4v) is 2.32. The van der Waals surface area contributed by atoms with Gasteiger partial charge in [-0.1, -0.05) is 24.3 Å². The fraction of sp³-hybridized carbons (Fsp3) is 0.214. The Kier molecular flexibility index (Phi) is 2.98. The number of aryl methyl sites for hydroxylation is 1. The van der Waals surface area contributed by atoms with Crippen LogP contribution in [0.1, 0.15) is 24.1 Å². The Morgan fingerprint density at radius 3 is 2.85 bits per heavy atom. The van der Waals surface area contributed by atoms with Crippen LogP contribution in [0.15, 0.2) is 30.5 Å². The molecular formula is C14H16N6. The Hall–Kier alpha value is -2.63. The van der Waals surface area contributed by atoms with Crippen LogP contribution in [0.4, 0.5) is 11.8 Å². The van der Waals surface area contributed by atoms with Gasteiger partial charge in [-0.3, -0.25) is 5.10 Å². The minimum Gasteiger partial charge on any atom is -0.368 e. The lowest BCUT2D eigenvalue weighted by Crippen LogP contribution is -2.10. The van der Waals surface area contributed by atoms with E-state index in [-0.39, 0.29) is 12.0 Å². The molecule has 3 rings (SSSR count). The Bertz CT molecular complexity index is 748. The van der Waals surface area contributed by atoms with Crippen molar-refractivity contribution < 1.29 is 0 Å². The van der Waals surface area contributed by atoms with Crippen LogP contribution in [0.3, 0.4) is 0 Å². The van der Waals surface area contributed by atoms with Crippen LogP contribution in [0.5, 0.6) is 0 Å². The molecule has 102 valence electrons. The number of anilines is 2. The largest absolute Gasteiger partial charge is 0.368 e. The first-order valence-electron chi connectivity index (χ1n) is 6.44. The van der Waals surface area contributed by atoms with E-state index in [1.54, 1.807) is 6.20 Å². The molecule has 2 aromatic heterocycles. The number of rotatable bonds is 3. The normalized spacial score (nSPS) is 12.5. The zero-order valence-electron chi connectivity index (χ0n) is 11.4. The lowest BCUT2D eigenvalue weighted by atomic mass is 10.0. The summed E-state index contributed by atoms with van der Waals surface area (Å²) in [6, 6.07) is 8.37. The van der Waals surface area contributed by atoms with Gasteiger partial charge in [0.1, 0.15) is 5.82 Å². The number of fused-ring (bicyclic) bond motifs is 1. The van der Waals surface area contributed by atoms with Gasteiger partial charge >= 0.3 is 0 Å². The average molecular weight is 268 g/mol. The van der Waals surface area contributed by atoms with E-state index in [1.165, 1.54) is 11.1 Å². The predicted octanol–water partition coefficient (Wildman–Crippen LogP) is 2.42. The van der Waals surface area contributed by atoms with Gasteiger partial charge < -0.3 is 11.1 Å². The lowest BCUT2D eigenvalue weighted by molar-refractivity contribution is 0.867. The number of nitrogens with zero attached hydrogens (tertiary/aromatic N) is 3. The van der Waals surface area contributed by atoms with Crippen LogP contribution in [0.2, 0.25) is 0 Å². The molecule has 0 amide bonds. The molecule has 0 radical (unpaired) electrons. The van der Waals surface area contributed by atoms with Gasteiger partial charge in [-0.05, 0) is 25.0 Å². The first-order chi connectivity index (χ1) is 9.65. The van der Waals surface area contributed by atoms with Crippen LogP contribution in [-0.2, 0) is 0 Å². The van der Waals surface area contributed by atoms with Crippen molar-refractivity contribution in [2.75, 3.05) is 11.1 Å². The quantitative estimate of drug-likeness (QED) is 0.678. The minimum absolute atomic E-state index is 0.114. The second-order valence-electron chi connectivity index (χ2n) is 4.79. The van der Waals surface area contributed by atoms with Crippen molar-refractivity contribution in [2.24, 2.45) is 0 Å². The van der Waals surface area contributed by atoms with E-state index in [2.05, 4.69) is 51.5 Å². The van der Waals surface area contributed by atoms with Crippen molar-refractivity contribution in [3.05, 3.63) is 41.6 Å². The minimum atomic E-state index is 0.114. The Morgan fingerprint density at radius 1 is 1.25 bits per heavy atom. The topological polar surface area (TPSA) is 92.5 Å². The number of nitrogen functional groups attached to an aromatic ring is 1. The number of aromatic nitrogens is 4. The van der Waals surface area contributed by atoms with Crippen molar-refractivity contribution in [1.82, 2.24) is 20.2 Å². The van der Waals surface area contributed by atoms with Gasteiger partial charge in [0.05, 0.1) is 17.6 Å². The van der Waals surface area contributed by atoms with Crippen LogP contribution in [0, 0.1) is 6.92 Å². The first-order valence-corrected chi connectivity index (χ1v) is 6.44. The summed E-state index contributed by atoms with van der Waals surface area (Å²) in [6.45, 7) is 4.18.